The Morgan fingerprint density at radius 2 is 1.67 bits per heavy atom. The van der Waals surface area contributed by atoms with Gasteiger partial charge in [-0.2, -0.15) is 5.10 Å². The minimum absolute atomic E-state index is 0.648. The van der Waals surface area contributed by atoms with Gasteiger partial charge in [0.2, 0.25) is 0 Å². The molecule has 2 aromatic heterocycles. The highest BCUT2D eigenvalue weighted by atomic mass is 35.5. The van der Waals surface area contributed by atoms with Gasteiger partial charge in [-0.3, -0.25) is 14.5 Å². The summed E-state index contributed by atoms with van der Waals surface area (Å²) in [7, 11) is 0. The molecule has 0 spiro atoms. The third-order valence-corrected chi connectivity index (χ3v) is 6.47. The molecular weight excluding hydrogens is 454 g/mol. The lowest BCUT2D eigenvalue weighted by atomic mass is 10.2. The molecule has 1 aliphatic rings. The quantitative estimate of drug-likeness (QED) is 0.385. The molecule has 0 N–H and O–H groups in total. The first-order valence-electron chi connectivity index (χ1n) is 10.9. The lowest BCUT2D eigenvalue weighted by Gasteiger charge is -2.34. The molecule has 3 heterocycles. The van der Waals surface area contributed by atoms with Gasteiger partial charge in [-0.05, 0) is 42.0 Å². The SMILES string of the molecule is S=c1n(CN2CCN(c3cnccn3)CC2)nc(-c2ccc(Cl)cc2)n1Cc1ccccc1. The van der Waals surface area contributed by atoms with Gasteiger partial charge in [-0.15, -0.1) is 0 Å². The van der Waals surface area contributed by atoms with Crippen LogP contribution in [0.3, 0.4) is 0 Å². The predicted octanol–water partition coefficient (Wildman–Crippen LogP) is 4.35. The average Bonchev–Trinajstić information content (AvgIpc) is 3.16. The number of nitrogens with zero attached hydrogens (tertiary/aromatic N) is 7. The summed E-state index contributed by atoms with van der Waals surface area (Å²) >= 11 is 12.0. The third kappa shape index (κ3) is 4.98. The van der Waals surface area contributed by atoms with E-state index in [0.29, 0.717) is 23.0 Å². The van der Waals surface area contributed by atoms with E-state index in [-0.39, 0.29) is 0 Å². The number of hydrogen-bond donors (Lipinski definition) is 0. The van der Waals surface area contributed by atoms with Crippen LogP contribution in [0.25, 0.3) is 11.4 Å². The Kier molecular flexibility index (Phi) is 6.48. The summed E-state index contributed by atoms with van der Waals surface area (Å²) in [5.74, 6) is 1.77. The standard InChI is InChI=1S/C24H24ClN7S/c25-21-8-6-20(7-9-21)23-28-32(24(33)31(23)17-19-4-2-1-3-5-19)18-29-12-14-30(15-13-29)22-16-26-10-11-27-22/h1-11,16H,12-15,17-18H2. The summed E-state index contributed by atoms with van der Waals surface area (Å²) in [4.78, 5) is 13.2. The lowest BCUT2D eigenvalue weighted by molar-refractivity contribution is 0.194. The van der Waals surface area contributed by atoms with Crippen molar-refractivity contribution in [3.05, 3.63) is 88.5 Å². The first kappa shape index (κ1) is 21.8. The number of halogens is 1. The zero-order valence-corrected chi connectivity index (χ0v) is 19.7. The van der Waals surface area contributed by atoms with Crippen molar-refractivity contribution in [2.75, 3.05) is 31.1 Å². The molecule has 1 fully saturated rings. The molecule has 0 amide bonds. The van der Waals surface area contributed by atoms with E-state index in [2.05, 4.69) is 36.5 Å². The molecule has 33 heavy (non-hydrogen) atoms. The molecule has 4 aromatic rings. The second-order valence-corrected chi connectivity index (χ2v) is 8.80. The second kappa shape index (κ2) is 9.82. The average molecular weight is 478 g/mol. The largest absolute Gasteiger partial charge is 0.353 e. The van der Waals surface area contributed by atoms with Gasteiger partial charge in [-0.1, -0.05) is 41.9 Å². The molecule has 0 unspecified atom stereocenters. The fourth-order valence-corrected chi connectivity index (χ4v) is 4.39. The zero-order chi connectivity index (χ0) is 22.6. The highest BCUT2D eigenvalue weighted by Crippen LogP contribution is 2.22. The van der Waals surface area contributed by atoms with E-state index in [9.17, 15) is 0 Å². The van der Waals surface area contributed by atoms with Gasteiger partial charge in [0.05, 0.1) is 19.4 Å². The van der Waals surface area contributed by atoms with Gasteiger partial charge in [0.1, 0.15) is 5.82 Å². The highest BCUT2D eigenvalue weighted by Gasteiger charge is 2.20. The van der Waals surface area contributed by atoms with Gasteiger partial charge in [0.25, 0.3) is 0 Å². The van der Waals surface area contributed by atoms with Crippen molar-refractivity contribution < 1.29 is 0 Å². The molecule has 5 rings (SSSR count). The van der Waals surface area contributed by atoms with Crippen LogP contribution >= 0.6 is 23.8 Å². The molecule has 9 heteroatoms. The van der Waals surface area contributed by atoms with Crippen LogP contribution in [0.5, 0.6) is 0 Å². The summed E-state index contributed by atoms with van der Waals surface area (Å²) < 4.78 is 4.74. The maximum Gasteiger partial charge on any atom is 0.199 e. The molecule has 7 nitrogen and oxygen atoms in total. The van der Waals surface area contributed by atoms with Crippen LogP contribution < -0.4 is 4.90 Å². The molecule has 0 bridgehead atoms. The molecule has 0 aliphatic carbocycles. The van der Waals surface area contributed by atoms with Crippen molar-refractivity contribution in [2.24, 2.45) is 0 Å². The normalized spacial score (nSPS) is 14.5. The Labute approximate surface area is 202 Å². The maximum atomic E-state index is 6.12. The van der Waals surface area contributed by atoms with Crippen molar-refractivity contribution >= 4 is 29.6 Å². The Balaban J connectivity index is 1.38. The van der Waals surface area contributed by atoms with Crippen LogP contribution in [-0.4, -0.2) is 55.4 Å². The molecule has 0 atom stereocenters. The van der Waals surface area contributed by atoms with E-state index in [1.54, 1.807) is 12.4 Å². The van der Waals surface area contributed by atoms with Crippen molar-refractivity contribution in [3.8, 4) is 11.4 Å². The topological polar surface area (TPSA) is 55.0 Å². The Hall–Kier alpha value is -3.07. The summed E-state index contributed by atoms with van der Waals surface area (Å²) in [6.45, 7) is 4.90. The van der Waals surface area contributed by atoms with Crippen molar-refractivity contribution in [1.29, 1.82) is 0 Å². The summed E-state index contributed by atoms with van der Waals surface area (Å²) in [5, 5.41) is 5.63. The lowest BCUT2D eigenvalue weighted by Crippen LogP contribution is -2.47. The Morgan fingerprint density at radius 1 is 0.909 bits per heavy atom. The van der Waals surface area contributed by atoms with E-state index in [1.165, 1.54) is 5.56 Å². The van der Waals surface area contributed by atoms with Crippen LogP contribution in [0.4, 0.5) is 5.82 Å². The number of piperazine rings is 1. The fourth-order valence-electron chi connectivity index (χ4n) is 4.02. The molecular formula is C24H24ClN7S. The first-order valence-corrected chi connectivity index (χ1v) is 11.7. The molecule has 2 aromatic carbocycles. The fraction of sp³-hybridized carbons (Fsp3) is 0.250. The maximum absolute atomic E-state index is 6.12. The zero-order valence-electron chi connectivity index (χ0n) is 18.1. The van der Waals surface area contributed by atoms with Crippen LogP contribution in [-0.2, 0) is 13.2 Å². The number of rotatable bonds is 6. The summed E-state index contributed by atoms with van der Waals surface area (Å²) in [6, 6.07) is 18.1. The van der Waals surface area contributed by atoms with Gasteiger partial charge in [-0.25, -0.2) is 9.67 Å². The van der Waals surface area contributed by atoms with E-state index >= 15 is 0 Å². The van der Waals surface area contributed by atoms with Gasteiger partial charge >= 0.3 is 0 Å². The molecule has 1 saturated heterocycles. The number of hydrogen-bond acceptors (Lipinski definition) is 6. The predicted molar refractivity (Wildman–Crippen MR) is 133 cm³/mol. The molecule has 168 valence electrons. The van der Waals surface area contributed by atoms with E-state index in [0.717, 1.165) is 43.4 Å². The van der Waals surface area contributed by atoms with Gasteiger partial charge in [0, 0.05) is 49.2 Å². The van der Waals surface area contributed by atoms with Crippen LogP contribution in [0.1, 0.15) is 5.56 Å². The number of anilines is 1. The van der Waals surface area contributed by atoms with Crippen molar-refractivity contribution in [1.82, 2.24) is 29.2 Å². The summed E-state index contributed by atoms with van der Waals surface area (Å²) in [5.41, 5.74) is 2.17. The first-order chi connectivity index (χ1) is 16.2. The molecule has 0 saturated carbocycles. The number of aromatic nitrogens is 5. The van der Waals surface area contributed by atoms with Crippen LogP contribution in [0, 0.1) is 4.77 Å². The van der Waals surface area contributed by atoms with Crippen molar-refractivity contribution in [3.63, 3.8) is 0 Å². The molecule has 0 radical (unpaired) electrons. The minimum atomic E-state index is 0.648. The van der Waals surface area contributed by atoms with E-state index in [1.807, 2.05) is 53.3 Å². The number of benzene rings is 2. The minimum Gasteiger partial charge on any atom is -0.353 e. The Bertz CT molecular complexity index is 1250. The highest BCUT2D eigenvalue weighted by molar-refractivity contribution is 7.71. The molecule has 1 aliphatic heterocycles. The van der Waals surface area contributed by atoms with Gasteiger partial charge in [0.15, 0.2) is 10.6 Å². The third-order valence-electron chi connectivity index (χ3n) is 5.79. The Morgan fingerprint density at radius 3 is 2.36 bits per heavy atom. The van der Waals surface area contributed by atoms with E-state index < -0.39 is 0 Å². The summed E-state index contributed by atoms with van der Waals surface area (Å²) in [6.07, 6.45) is 5.25. The van der Waals surface area contributed by atoms with Crippen LogP contribution in [0.15, 0.2) is 73.2 Å². The monoisotopic (exact) mass is 477 g/mol. The van der Waals surface area contributed by atoms with Gasteiger partial charge < -0.3 is 4.90 Å². The van der Waals surface area contributed by atoms with Crippen LogP contribution in [0.2, 0.25) is 5.02 Å². The second-order valence-electron chi connectivity index (χ2n) is 7.99. The smallest absolute Gasteiger partial charge is 0.199 e. The van der Waals surface area contributed by atoms with E-state index in [4.69, 9.17) is 28.9 Å². The van der Waals surface area contributed by atoms with Crippen molar-refractivity contribution in [2.45, 2.75) is 13.2 Å².